The Hall–Kier alpha value is -3.65. The van der Waals surface area contributed by atoms with E-state index in [0.717, 1.165) is 35.1 Å². The number of fused-ring (bicyclic) bond motifs is 3. The third-order valence-corrected chi connectivity index (χ3v) is 7.29. The van der Waals surface area contributed by atoms with Crippen LogP contribution in [0.25, 0.3) is 11.1 Å². The van der Waals surface area contributed by atoms with Gasteiger partial charge < -0.3 is 20.5 Å². The van der Waals surface area contributed by atoms with E-state index in [1.165, 1.54) is 11.3 Å². The van der Waals surface area contributed by atoms with E-state index in [2.05, 4.69) is 22.8 Å². The summed E-state index contributed by atoms with van der Waals surface area (Å²) in [7, 11) is 0. The fourth-order valence-electron chi connectivity index (χ4n) is 4.53. The number of alkyl carbamates (subject to hydrolysis) is 1. The van der Waals surface area contributed by atoms with Gasteiger partial charge in [0.25, 0.3) is 0 Å². The average Bonchev–Trinajstić information content (AvgIpc) is 3.43. The van der Waals surface area contributed by atoms with Crippen LogP contribution in [0.4, 0.5) is 4.79 Å². The van der Waals surface area contributed by atoms with Crippen LogP contribution in [0, 0.1) is 5.92 Å². The van der Waals surface area contributed by atoms with Gasteiger partial charge in [-0.05, 0) is 52.5 Å². The first kappa shape index (κ1) is 22.2. The molecule has 0 saturated heterocycles. The number of amides is 2. The zero-order valence-corrected chi connectivity index (χ0v) is 19.1. The van der Waals surface area contributed by atoms with Gasteiger partial charge in [-0.25, -0.2) is 9.59 Å². The molecule has 174 valence electrons. The highest BCUT2D eigenvalue weighted by molar-refractivity contribution is 7.10. The van der Waals surface area contributed by atoms with E-state index in [-0.39, 0.29) is 18.4 Å². The van der Waals surface area contributed by atoms with Crippen LogP contribution >= 0.6 is 11.3 Å². The zero-order valence-electron chi connectivity index (χ0n) is 18.3. The topological polar surface area (TPSA) is 105 Å². The molecule has 2 aliphatic carbocycles. The molecular weight excluding hydrogens is 452 g/mol. The van der Waals surface area contributed by atoms with Crippen LogP contribution in [0.15, 0.2) is 66.0 Å². The van der Waals surface area contributed by atoms with Crippen molar-refractivity contribution in [1.29, 1.82) is 0 Å². The molecule has 1 heterocycles. The van der Waals surface area contributed by atoms with Crippen LogP contribution in [-0.4, -0.2) is 35.7 Å². The molecule has 2 amide bonds. The van der Waals surface area contributed by atoms with E-state index >= 15 is 0 Å². The predicted octanol–water partition coefficient (Wildman–Crippen LogP) is 4.31. The molecule has 1 fully saturated rings. The maximum absolute atomic E-state index is 13.0. The van der Waals surface area contributed by atoms with Crippen molar-refractivity contribution in [2.24, 2.45) is 5.92 Å². The summed E-state index contributed by atoms with van der Waals surface area (Å²) in [6.07, 6.45) is 0.801. The number of hydrogen-bond acceptors (Lipinski definition) is 5. The molecule has 0 aliphatic heterocycles. The summed E-state index contributed by atoms with van der Waals surface area (Å²) < 4.78 is 5.59. The Balaban J connectivity index is 1.28. The number of carboxylic acids is 1. The number of aliphatic carboxylic acids is 1. The van der Waals surface area contributed by atoms with Gasteiger partial charge in [0.15, 0.2) is 0 Å². The monoisotopic (exact) mass is 476 g/mol. The number of benzene rings is 2. The van der Waals surface area contributed by atoms with Gasteiger partial charge in [0, 0.05) is 10.8 Å². The molecule has 2 aromatic carbocycles. The van der Waals surface area contributed by atoms with Crippen LogP contribution in [-0.2, 0) is 14.3 Å². The Labute approximate surface area is 200 Å². The third kappa shape index (κ3) is 4.41. The summed E-state index contributed by atoms with van der Waals surface area (Å²) >= 11 is 1.31. The lowest BCUT2D eigenvalue weighted by atomic mass is 9.98. The van der Waals surface area contributed by atoms with Crippen molar-refractivity contribution in [1.82, 2.24) is 10.6 Å². The highest BCUT2D eigenvalue weighted by Gasteiger charge is 2.39. The first-order valence-corrected chi connectivity index (χ1v) is 12.1. The Morgan fingerprint density at radius 1 is 0.941 bits per heavy atom. The molecule has 1 aromatic heterocycles. The van der Waals surface area contributed by atoms with Crippen molar-refractivity contribution in [3.8, 4) is 11.1 Å². The SMILES string of the molecule is O=C(NC(C(=O)NC(C(=O)O)C1CC1)c1cccs1)OCC1c2ccccc2-c2ccccc21. The zero-order chi connectivity index (χ0) is 23.7. The molecule has 34 heavy (non-hydrogen) atoms. The second-order valence-corrected chi connectivity index (χ2v) is 9.56. The third-order valence-electron chi connectivity index (χ3n) is 6.35. The van der Waals surface area contributed by atoms with Gasteiger partial charge in [0.05, 0.1) is 0 Å². The predicted molar refractivity (Wildman–Crippen MR) is 128 cm³/mol. The normalized spacial score (nSPS) is 16.1. The van der Waals surface area contributed by atoms with Crippen LogP contribution in [0.3, 0.4) is 0 Å². The lowest BCUT2D eigenvalue weighted by Gasteiger charge is -2.21. The first-order chi connectivity index (χ1) is 16.5. The molecule has 8 heteroatoms. The van der Waals surface area contributed by atoms with Crippen LogP contribution < -0.4 is 10.6 Å². The van der Waals surface area contributed by atoms with E-state index < -0.39 is 30.1 Å². The van der Waals surface area contributed by atoms with Crippen LogP contribution in [0.1, 0.15) is 40.8 Å². The van der Waals surface area contributed by atoms with Crippen molar-refractivity contribution in [2.45, 2.75) is 30.8 Å². The molecule has 0 radical (unpaired) electrons. The van der Waals surface area contributed by atoms with Crippen LogP contribution in [0.5, 0.6) is 0 Å². The fourth-order valence-corrected chi connectivity index (χ4v) is 5.30. The van der Waals surface area contributed by atoms with Crippen LogP contribution in [0.2, 0.25) is 0 Å². The minimum absolute atomic E-state index is 0.0695. The maximum atomic E-state index is 13.0. The first-order valence-electron chi connectivity index (χ1n) is 11.2. The number of rotatable bonds is 8. The Morgan fingerprint density at radius 3 is 2.15 bits per heavy atom. The molecule has 5 rings (SSSR count). The van der Waals surface area contributed by atoms with E-state index in [0.29, 0.717) is 4.88 Å². The number of thiophene rings is 1. The number of carboxylic acid groups (broad SMARTS) is 1. The van der Waals surface area contributed by atoms with Crippen molar-refractivity contribution >= 4 is 29.3 Å². The molecule has 0 bridgehead atoms. The van der Waals surface area contributed by atoms with Crippen molar-refractivity contribution in [2.75, 3.05) is 6.61 Å². The number of carbonyl (C=O) groups is 3. The summed E-state index contributed by atoms with van der Waals surface area (Å²) in [5.74, 6) is -1.80. The Bertz CT molecular complexity index is 1180. The molecule has 3 N–H and O–H groups in total. The molecule has 1 saturated carbocycles. The number of nitrogens with one attached hydrogen (secondary N) is 2. The molecule has 0 spiro atoms. The summed E-state index contributed by atoms with van der Waals surface area (Å²) in [6.45, 7) is 0.123. The Morgan fingerprint density at radius 2 is 1.59 bits per heavy atom. The highest BCUT2D eigenvalue weighted by Crippen LogP contribution is 2.44. The minimum atomic E-state index is -1.07. The maximum Gasteiger partial charge on any atom is 0.408 e. The van der Waals surface area contributed by atoms with Gasteiger partial charge in [-0.15, -0.1) is 11.3 Å². The number of ether oxygens (including phenoxy) is 1. The van der Waals surface area contributed by atoms with E-state index in [1.54, 1.807) is 17.5 Å². The second-order valence-electron chi connectivity index (χ2n) is 8.58. The van der Waals surface area contributed by atoms with Crippen molar-refractivity contribution in [3.63, 3.8) is 0 Å². The Kier molecular flexibility index (Phi) is 6.06. The summed E-state index contributed by atoms with van der Waals surface area (Å²) in [5, 5.41) is 16.5. The second kappa shape index (κ2) is 9.30. The summed E-state index contributed by atoms with van der Waals surface area (Å²) in [4.78, 5) is 37.9. The van der Waals surface area contributed by atoms with Crippen molar-refractivity contribution < 1.29 is 24.2 Å². The lowest BCUT2D eigenvalue weighted by molar-refractivity contribution is -0.142. The average molecular weight is 477 g/mol. The van der Waals surface area contributed by atoms with E-state index in [1.807, 2.05) is 36.4 Å². The number of carbonyl (C=O) groups excluding carboxylic acids is 2. The van der Waals surface area contributed by atoms with Gasteiger partial charge in [-0.3, -0.25) is 4.79 Å². The quantitative estimate of drug-likeness (QED) is 0.449. The van der Waals surface area contributed by atoms with Gasteiger partial charge in [-0.1, -0.05) is 54.6 Å². The lowest BCUT2D eigenvalue weighted by Crippen LogP contribution is -2.48. The molecule has 2 aliphatic rings. The highest BCUT2D eigenvalue weighted by atomic mass is 32.1. The van der Waals surface area contributed by atoms with Crippen molar-refractivity contribution in [3.05, 3.63) is 82.0 Å². The number of hydrogen-bond donors (Lipinski definition) is 3. The molecule has 2 atom stereocenters. The molecular formula is C26H24N2O5S. The van der Waals surface area contributed by atoms with Gasteiger partial charge in [0.2, 0.25) is 5.91 Å². The van der Waals surface area contributed by atoms with E-state index in [9.17, 15) is 19.5 Å². The standard InChI is InChI=1S/C26H24N2O5S/c29-24(27-22(25(30)31)15-11-12-15)23(21-10-5-13-34-21)28-26(32)33-14-20-18-8-3-1-6-16(18)17-7-2-4-9-19(17)20/h1-10,13,15,20,22-23H,11-12,14H2,(H,27,29)(H,28,32)(H,30,31). The molecule has 7 nitrogen and oxygen atoms in total. The van der Waals surface area contributed by atoms with Gasteiger partial charge in [0.1, 0.15) is 18.7 Å². The minimum Gasteiger partial charge on any atom is -0.480 e. The van der Waals surface area contributed by atoms with E-state index in [4.69, 9.17) is 4.74 Å². The largest absolute Gasteiger partial charge is 0.480 e. The molecule has 3 aromatic rings. The fraction of sp³-hybridized carbons (Fsp3) is 0.269. The summed E-state index contributed by atoms with van der Waals surface area (Å²) in [5.41, 5.74) is 4.45. The van der Waals surface area contributed by atoms with Gasteiger partial charge in [-0.2, -0.15) is 0 Å². The smallest absolute Gasteiger partial charge is 0.408 e. The molecule has 2 unspecified atom stereocenters. The van der Waals surface area contributed by atoms with Gasteiger partial charge >= 0.3 is 12.1 Å². The summed E-state index contributed by atoms with van der Waals surface area (Å²) in [6, 6.07) is 17.6.